The highest BCUT2D eigenvalue weighted by molar-refractivity contribution is 14.1. The molecule has 0 aliphatic rings. The van der Waals surface area contributed by atoms with E-state index < -0.39 is 12.0 Å². The summed E-state index contributed by atoms with van der Waals surface area (Å²) in [6, 6.07) is 6.07. The molecule has 4 nitrogen and oxygen atoms in total. The van der Waals surface area contributed by atoms with Crippen molar-refractivity contribution < 1.29 is 14.7 Å². The third-order valence-electron chi connectivity index (χ3n) is 2.12. The van der Waals surface area contributed by atoms with Gasteiger partial charge in [-0.1, -0.05) is 18.2 Å². The van der Waals surface area contributed by atoms with E-state index in [4.69, 9.17) is 5.11 Å². The summed E-state index contributed by atoms with van der Waals surface area (Å²) in [5.74, 6) is -1.45. The van der Waals surface area contributed by atoms with Gasteiger partial charge in [-0.15, -0.1) is 6.58 Å². The molecule has 0 saturated carbocycles. The largest absolute Gasteiger partial charge is 0.480 e. The molecule has 0 aliphatic heterocycles. The second kappa shape index (κ2) is 6.39. The Kier molecular flexibility index (Phi) is 5.14. The Hall–Kier alpha value is -1.37. The maximum absolute atomic E-state index is 11.8. The number of amides is 1. The quantitative estimate of drug-likeness (QED) is 0.634. The summed E-state index contributed by atoms with van der Waals surface area (Å²) in [7, 11) is 0. The van der Waals surface area contributed by atoms with E-state index in [0.29, 0.717) is 5.56 Å². The number of carbonyl (C=O) groups is 2. The van der Waals surface area contributed by atoms with Crippen LogP contribution in [-0.2, 0) is 4.79 Å². The summed E-state index contributed by atoms with van der Waals surface area (Å²) in [4.78, 5) is 22.7. The molecule has 1 unspecified atom stereocenters. The zero-order valence-electron chi connectivity index (χ0n) is 9.02. The molecule has 0 bridgehead atoms. The standard InChI is InChI=1S/C12H12INO3/c1-2-5-10(12(16)17)14-11(15)8-6-3-4-7-9(8)13/h2-4,6-7,10H,1,5H2,(H,14,15)(H,16,17). The number of hydrogen-bond donors (Lipinski definition) is 2. The SMILES string of the molecule is C=CCC(NC(=O)c1ccccc1I)C(=O)O. The van der Waals surface area contributed by atoms with Crippen molar-refractivity contribution in [2.24, 2.45) is 0 Å². The van der Waals surface area contributed by atoms with Gasteiger partial charge in [0.15, 0.2) is 0 Å². The molecule has 0 aromatic heterocycles. The minimum Gasteiger partial charge on any atom is -0.480 e. The van der Waals surface area contributed by atoms with Crippen LogP contribution in [0, 0.1) is 3.57 Å². The van der Waals surface area contributed by atoms with Crippen molar-refractivity contribution in [3.63, 3.8) is 0 Å². The molecular weight excluding hydrogens is 333 g/mol. The van der Waals surface area contributed by atoms with Crippen LogP contribution < -0.4 is 5.32 Å². The molecule has 1 aromatic carbocycles. The van der Waals surface area contributed by atoms with E-state index in [2.05, 4.69) is 11.9 Å². The van der Waals surface area contributed by atoms with Crippen molar-refractivity contribution in [2.75, 3.05) is 0 Å². The first kappa shape index (κ1) is 13.7. The zero-order valence-corrected chi connectivity index (χ0v) is 11.2. The van der Waals surface area contributed by atoms with Crippen LogP contribution in [0.4, 0.5) is 0 Å². The Morgan fingerprint density at radius 2 is 2.12 bits per heavy atom. The molecule has 0 aliphatic carbocycles. The molecule has 1 atom stereocenters. The molecule has 17 heavy (non-hydrogen) atoms. The van der Waals surface area contributed by atoms with E-state index in [-0.39, 0.29) is 12.3 Å². The molecule has 0 saturated heterocycles. The number of hydrogen-bond acceptors (Lipinski definition) is 2. The van der Waals surface area contributed by atoms with Crippen molar-refractivity contribution in [1.29, 1.82) is 0 Å². The van der Waals surface area contributed by atoms with Crippen molar-refractivity contribution in [2.45, 2.75) is 12.5 Å². The number of benzene rings is 1. The minimum absolute atomic E-state index is 0.199. The Balaban J connectivity index is 2.81. The van der Waals surface area contributed by atoms with Gasteiger partial charge in [0.1, 0.15) is 6.04 Å². The minimum atomic E-state index is -1.07. The van der Waals surface area contributed by atoms with E-state index >= 15 is 0 Å². The Morgan fingerprint density at radius 1 is 1.47 bits per heavy atom. The van der Waals surface area contributed by atoms with Crippen LogP contribution in [0.2, 0.25) is 0 Å². The van der Waals surface area contributed by atoms with Crippen LogP contribution in [0.15, 0.2) is 36.9 Å². The lowest BCUT2D eigenvalue weighted by Gasteiger charge is -2.13. The first-order valence-corrected chi connectivity index (χ1v) is 6.03. The van der Waals surface area contributed by atoms with E-state index in [1.807, 2.05) is 28.7 Å². The number of carboxylic acids is 1. The lowest BCUT2D eigenvalue weighted by molar-refractivity contribution is -0.139. The Bertz CT molecular complexity index is 445. The monoisotopic (exact) mass is 345 g/mol. The molecule has 0 spiro atoms. The number of nitrogens with one attached hydrogen (secondary N) is 1. The van der Waals surface area contributed by atoms with Crippen LogP contribution in [-0.4, -0.2) is 23.0 Å². The molecule has 0 heterocycles. The van der Waals surface area contributed by atoms with E-state index in [1.165, 1.54) is 6.08 Å². The van der Waals surface area contributed by atoms with Gasteiger partial charge in [-0.25, -0.2) is 4.79 Å². The van der Waals surface area contributed by atoms with Gasteiger partial charge in [-0.2, -0.15) is 0 Å². The number of halogens is 1. The highest BCUT2D eigenvalue weighted by Gasteiger charge is 2.19. The predicted molar refractivity (Wildman–Crippen MR) is 72.9 cm³/mol. The average Bonchev–Trinajstić information content (AvgIpc) is 2.28. The van der Waals surface area contributed by atoms with Crippen LogP contribution in [0.1, 0.15) is 16.8 Å². The summed E-state index contributed by atoms with van der Waals surface area (Å²) < 4.78 is 0.783. The molecule has 2 N–H and O–H groups in total. The van der Waals surface area contributed by atoms with Gasteiger partial charge < -0.3 is 10.4 Å². The molecule has 90 valence electrons. The Morgan fingerprint density at radius 3 is 2.65 bits per heavy atom. The van der Waals surface area contributed by atoms with Crippen LogP contribution in [0.25, 0.3) is 0 Å². The topological polar surface area (TPSA) is 66.4 Å². The first-order chi connectivity index (χ1) is 8.06. The highest BCUT2D eigenvalue weighted by Crippen LogP contribution is 2.11. The summed E-state index contributed by atoms with van der Waals surface area (Å²) in [6.07, 6.45) is 1.67. The van der Waals surface area contributed by atoms with E-state index in [1.54, 1.807) is 18.2 Å². The summed E-state index contributed by atoms with van der Waals surface area (Å²) >= 11 is 2.03. The van der Waals surface area contributed by atoms with Gasteiger partial charge in [0, 0.05) is 3.57 Å². The summed E-state index contributed by atoms with van der Waals surface area (Å²) in [5.41, 5.74) is 0.475. The number of rotatable bonds is 5. The maximum atomic E-state index is 11.8. The van der Waals surface area contributed by atoms with Gasteiger partial charge >= 0.3 is 5.97 Å². The lowest BCUT2D eigenvalue weighted by atomic mass is 10.1. The summed E-state index contributed by atoms with van der Waals surface area (Å²) in [5, 5.41) is 11.4. The lowest BCUT2D eigenvalue weighted by Crippen LogP contribution is -2.40. The van der Waals surface area contributed by atoms with Crippen molar-refractivity contribution in [3.05, 3.63) is 46.1 Å². The zero-order chi connectivity index (χ0) is 12.8. The smallest absolute Gasteiger partial charge is 0.326 e. The number of carbonyl (C=O) groups excluding carboxylic acids is 1. The van der Waals surface area contributed by atoms with Crippen molar-refractivity contribution in [3.8, 4) is 0 Å². The van der Waals surface area contributed by atoms with E-state index in [0.717, 1.165) is 3.57 Å². The molecule has 1 aromatic rings. The van der Waals surface area contributed by atoms with Crippen molar-refractivity contribution >= 4 is 34.5 Å². The third kappa shape index (κ3) is 3.85. The average molecular weight is 345 g/mol. The highest BCUT2D eigenvalue weighted by atomic mass is 127. The second-order valence-corrected chi connectivity index (χ2v) is 4.53. The second-order valence-electron chi connectivity index (χ2n) is 3.37. The van der Waals surface area contributed by atoms with Gasteiger partial charge in [-0.05, 0) is 41.1 Å². The maximum Gasteiger partial charge on any atom is 0.326 e. The van der Waals surface area contributed by atoms with Crippen LogP contribution >= 0.6 is 22.6 Å². The Labute approximate surface area is 113 Å². The fraction of sp³-hybridized carbons (Fsp3) is 0.167. The molecular formula is C12H12INO3. The fourth-order valence-corrected chi connectivity index (χ4v) is 1.90. The number of aliphatic carboxylic acids is 1. The van der Waals surface area contributed by atoms with E-state index in [9.17, 15) is 9.59 Å². The van der Waals surface area contributed by atoms with Gasteiger partial charge in [-0.3, -0.25) is 4.79 Å². The van der Waals surface area contributed by atoms with Crippen LogP contribution in [0.5, 0.6) is 0 Å². The van der Waals surface area contributed by atoms with Gasteiger partial charge in [0.2, 0.25) is 0 Å². The third-order valence-corrected chi connectivity index (χ3v) is 3.06. The predicted octanol–water partition coefficient (Wildman–Crippen LogP) is 2.05. The molecule has 1 rings (SSSR count). The normalized spacial score (nSPS) is 11.6. The molecule has 5 heteroatoms. The first-order valence-electron chi connectivity index (χ1n) is 4.95. The molecule has 0 radical (unpaired) electrons. The van der Waals surface area contributed by atoms with Crippen molar-refractivity contribution in [1.82, 2.24) is 5.32 Å². The fourth-order valence-electron chi connectivity index (χ4n) is 1.27. The molecule has 1 amide bonds. The van der Waals surface area contributed by atoms with Gasteiger partial charge in [0.25, 0.3) is 5.91 Å². The number of carboxylic acid groups (broad SMARTS) is 1. The molecule has 0 fully saturated rings. The summed E-state index contributed by atoms with van der Waals surface area (Å²) in [6.45, 7) is 3.46. The van der Waals surface area contributed by atoms with Crippen LogP contribution in [0.3, 0.4) is 0 Å². The van der Waals surface area contributed by atoms with Gasteiger partial charge in [0.05, 0.1) is 5.56 Å².